The second-order valence-corrected chi connectivity index (χ2v) is 4.93. The van der Waals surface area contributed by atoms with E-state index in [9.17, 15) is 14.3 Å². The monoisotopic (exact) mass is 237 g/mol. The first-order valence-electron chi connectivity index (χ1n) is 5.67. The van der Waals surface area contributed by atoms with E-state index in [4.69, 9.17) is 0 Å². The van der Waals surface area contributed by atoms with E-state index in [2.05, 4.69) is 0 Å². The lowest BCUT2D eigenvalue weighted by Crippen LogP contribution is -2.34. The molecule has 1 amide bonds. The molecular weight excluding hydrogens is 221 g/mol. The molecule has 0 saturated carbocycles. The molecule has 92 valence electrons. The lowest BCUT2D eigenvalue weighted by molar-refractivity contribution is 0.0571. The van der Waals surface area contributed by atoms with Crippen molar-refractivity contribution in [1.82, 2.24) is 4.90 Å². The van der Waals surface area contributed by atoms with E-state index >= 15 is 0 Å². The molecule has 17 heavy (non-hydrogen) atoms. The Bertz CT molecular complexity index is 457. The average Bonchev–Trinajstić information content (AvgIpc) is 2.61. The van der Waals surface area contributed by atoms with Gasteiger partial charge in [-0.25, -0.2) is 4.39 Å². The standard InChI is InChI=1S/C13H16FNO2/c1-9-3-4-10(14)7-11(9)12(16)15-6-5-13(2,17)8-15/h3-4,7,17H,5-6,8H2,1-2H3. The van der Waals surface area contributed by atoms with Crippen LogP contribution in [0.15, 0.2) is 18.2 Å². The van der Waals surface area contributed by atoms with Crippen LogP contribution in [0.2, 0.25) is 0 Å². The number of aliphatic hydroxyl groups is 1. The number of carbonyl (C=O) groups is 1. The number of benzene rings is 1. The highest BCUT2D eigenvalue weighted by atomic mass is 19.1. The van der Waals surface area contributed by atoms with Crippen LogP contribution in [0.25, 0.3) is 0 Å². The van der Waals surface area contributed by atoms with Gasteiger partial charge in [0.15, 0.2) is 0 Å². The molecule has 1 aromatic rings. The number of carbonyl (C=O) groups excluding carboxylic acids is 1. The predicted octanol–water partition coefficient (Wildman–Crippen LogP) is 1.73. The molecule has 1 heterocycles. The summed E-state index contributed by atoms with van der Waals surface area (Å²) in [6, 6.07) is 4.19. The number of aryl methyl sites for hydroxylation is 1. The molecule has 1 aliphatic heterocycles. The summed E-state index contributed by atoms with van der Waals surface area (Å²) >= 11 is 0. The second kappa shape index (κ2) is 4.11. The lowest BCUT2D eigenvalue weighted by atomic mass is 10.1. The number of hydrogen-bond acceptors (Lipinski definition) is 2. The van der Waals surface area contributed by atoms with Gasteiger partial charge in [0, 0.05) is 18.7 Å². The summed E-state index contributed by atoms with van der Waals surface area (Å²) in [6.07, 6.45) is 0.563. The zero-order valence-electron chi connectivity index (χ0n) is 10.0. The summed E-state index contributed by atoms with van der Waals surface area (Å²) in [7, 11) is 0. The van der Waals surface area contributed by atoms with Gasteiger partial charge in [-0.1, -0.05) is 6.07 Å². The number of amides is 1. The van der Waals surface area contributed by atoms with Gasteiger partial charge >= 0.3 is 0 Å². The summed E-state index contributed by atoms with van der Waals surface area (Å²) in [4.78, 5) is 13.7. The number of β-amino-alcohol motifs (C(OH)–C–C–N with tert-alkyl or cyclic N) is 1. The van der Waals surface area contributed by atoms with Gasteiger partial charge in [-0.3, -0.25) is 4.79 Å². The molecule has 1 aromatic carbocycles. The van der Waals surface area contributed by atoms with E-state index in [0.717, 1.165) is 5.56 Å². The second-order valence-electron chi connectivity index (χ2n) is 4.93. The molecule has 4 heteroatoms. The van der Waals surface area contributed by atoms with Crippen molar-refractivity contribution < 1.29 is 14.3 Å². The Morgan fingerprint density at radius 2 is 2.24 bits per heavy atom. The molecule has 1 fully saturated rings. The van der Waals surface area contributed by atoms with Gasteiger partial charge in [0.05, 0.1) is 5.60 Å². The minimum Gasteiger partial charge on any atom is -0.388 e. The van der Waals surface area contributed by atoms with Gasteiger partial charge in [0.1, 0.15) is 5.82 Å². The Morgan fingerprint density at radius 3 is 2.82 bits per heavy atom. The quantitative estimate of drug-likeness (QED) is 0.808. The summed E-state index contributed by atoms with van der Waals surface area (Å²) in [5, 5.41) is 9.82. The number of likely N-dealkylation sites (tertiary alicyclic amines) is 1. The molecule has 2 rings (SSSR count). The summed E-state index contributed by atoms with van der Waals surface area (Å²) in [6.45, 7) is 4.31. The van der Waals surface area contributed by atoms with E-state index in [1.54, 1.807) is 24.8 Å². The molecule has 1 aliphatic rings. The van der Waals surface area contributed by atoms with E-state index in [1.165, 1.54) is 12.1 Å². The minimum atomic E-state index is -0.823. The van der Waals surface area contributed by atoms with Crippen LogP contribution in [-0.4, -0.2) is 34.6 Å². The Labute approximate surface area is 99.9 Å². The minimum absolute atomic E-state index is 0.209. The maximum absolute atomic E-state index is 13.1. The Balaban J connectivity index is 2.23. The van der Waals surface area contributed by atoms with Gasteiger partial charge in [-0.15, -0.1) is 0 Å². The van der Waals surface area contributed by atoms with Gasteiger partial charge in [-0.2, -0.15) is 0 Å². The van der Waals surface area contributed by atoms with E-state index in [1.807, 2.05) is 0 Å². The smallest absolute Gasteiger partial charge is 0.254 e. The topological polar surface area (TPSA) is 40.5 Å². The number of hydrogen-bond donors (Lipinski definition) is 1. The van der Waals surface area contributed by atoms with Crippen molar-refractivity contribution in [3.05, 3.63) is 35.1 Å². The maximum atomic E-state index is 13.1. The van der Waals surface area contributed by atoms with Crippen LogP contribution in [0.3, 0.4) is 0 Å². The maximum Gasteiger partial charge on any atom is 0.254 e. The van der Waals surface area contributed by atoms with Crippen molar-refractivity contribution in [2.24, 2.45) is 0 Å². The van der Waals surface area contributed by atoms with Crippen LogP contribution in [0, 0.1) is 12.7 Å². The van der Waals surface area contributed by atoms with Crippen molar-refractivity contribution in [3.63, 3.8) is 0 Å². The first kappa shape index (κ1) is 12.0. The third kappa shape index (κ3) is 2.47. The average molecular weight is 237 g/mol. The molecule has 0 radical (unpaired) electrons. The number of halogens is 1. The molecule has 0 aliphatic carbocycles. The fraction of sp³-hybridized carbons (Fsp3) is 0.462. The summed E-state index contributed by atoms with van der Waals surface area (Å²) < 4.78 is 13.1. The number of rotatable bonds is 1. The molecule has 0 bridgehead atoms. The van der Waals surface area contributed by atoms with Gasteiger partial charge in [0.2, 0.25) is 0 Å². The zero-order valence-corrected chi connectivity index (χ0v) is 10.0. The Kier molecular flexibility index (Phi) is 2.91. The molecule has 0 aromatic heterocycles. The molecule has 0 spiro atoms. The largest absolute Gasteiger partial charge is 0.388 e. The van der Waals surface area contributed by atoms with Crippen LogP contribution in [0.5, 0.6) is 0 Å². The molecule has 1 saturated heterocycles. The molecular formula is C13H16FNO2. The fourth-order valence-electron chi connectivity index (χ4n) is 2.11. The fourth-order valence-corrected chi connectivity index (χ4v) is 2.11. The highest BCUT2D eigenvalue weighted by Gasteiger charge is 2.34. The molecule has 1 atom stereocenters. The van der Waals surface area contributed by atoms with Gasteiger partial charge < -0.3 is 10.0 Å². The van der Waals surface area contributed by atoms with Gasteiger partial charge in [-0.05, 0) is 38.0 Å². The van der Waals surface area contributed by atoms with E-state index in [-0.39, 0.29) is 5.91 Å². The molecule has 3 nitrogen and oxygen atoms in total. The van der Waals surface area contributed by atoms with Crippen LogP contribution in [-0.2, 0) is 0 Å². The lowest BCUT2D eigenvalue weighted by Gasteiger charge is -2.19. The molecule has 1 unspecified atom stereocenters. The van der Waals surface area contributed by atoms with Crippen LogP contribution < -0.4 is 0 Å². The third-order valence-electron chi connectivity index (χ3n) is 3.17. The first-order chi connectivity index (χ1) is 7.89. The van der Waals surface area contributed by atoms with Crippen molar-refractivity contribution in [1.29, 1.82) is 0 Å². The van der Waals surface area contributed by atoms with Crippen molar-refractivity contribution in [2.45, 2.75) is 25.9 Å². The summed E-state index contributed by atoms with van der Waals surface area (Å²) in [5.74, 6) is -0.621. The van der Waals surface area contributed by atoms with Crippen LogP contribution >= 0.6 is 0 Å². The SMILES string of the molecule is Cc1ccc(F)cc1C(=O)N1CCC(C)(O)C1. The number of nitrogens with zero attached hydrogens (tertiary/aromatic N) is 1. The van der Waals surface area contributed by atoms with Crippen molar-refractivity contribution in [3.8, 4) is 0 Å². The normalized spacial score (nSPS) is 24.1. The molecule has 1 N–H and O–H groups in total. The predicted molar refractivity (Wildman–Crippen MR) is 62.3 cm³/mol. The Morgan fingerprint density at radius 1 is 1.53 bits per heavy atom. The van der Waals surface area contributed by atoms with Crippen LogP contribution in [0.1, 0.15) is 29.3 Å². The Hall–Kier alpha value is -1.42. The van der Waals surface area contributed by atoms with E-state index < -0.39 is 11.4 Å². The summed E-state index contributed by atoms with van der Waals surface area (Å²) in [5.41, 5.74) is 0.308. The third-order valence-corrected chi connectivity index (χ3v) is 3.17. The van der Waals surface area contributed by atoms with Crippen LogP contribution in [0.4, 0.5) is 4.39 Å². The van der Waals surface area contributed by atoms with Crippen molar-refractivity contribution in [2.75, 3.05) is 13.1 Å². The highest BCUT2D eigenvalue weighted by molar-refractivity contribution is 5.95. The van der Waals surface area contributed by atoms with Gasteiger partial charge in [0.25, 0.3) is 5.91 Å². The first-order valence-corrected chi connectivity index (χ1v) is 5.67. The van der Waals surface area contributed by atoms with E-state index in [0.29, 0.717) is 25.1 Å². The zero-order chi connectivity index (χ0) is 12.6. The highest BCUT2D eigenvalue weighted by Crippen LogP contribution is 2.23. The van der Waals surface area contributed by atoms with Crippen molar-refractivity contribution >= 4 is 5.91 Å².